The topological polar surface area (TPSA) is 12.4 Å². The molecule has 0 aliphatic carbocycles. The molecule has 0 aliphatic heterocycles. The first-order valence-electron chi connectivity index (χ1n) is 2.95. The zero-order chi connectivity index (χ0) is 6.41. The second kappa shape index (κ2) is 4.57. The smallest absolute Gasteiger partial charge is 0.0364 e. The van der Waals surface area contributed by atoms with Crippen LogP contribution in [0.15, 0.2) is 17.1 Å². The van der Waals surface area contributed by atoms with E-state index >= 15 is 0 Å². The zero-order valence-corrected chi connectivity index (χ0v) is 5.81. The molecule has 0 fully saturated rings. The van der Waals surface area contributed by atoms with E-state index in [0.29, 0.717) is 0 Å². The first kappa shape index (κ1) is 7.41. The molecule has 0 heterocycles. The minimum atomic E-state index is 0.885. The van der Waals surface area contributed by atoms with Gasteiger partial charge in [-0.2, -0.15) is 0 Å². The molecule has 0 N–H and O–H groups in total. The normalized spacial score (nSPS) is 13.1. The third-order valence-electron chi connectivity index (χ3n) is 0.815. The molecule has 1 nitrogen and oxygen atoms in total. The fraction of sp³-hybridized carbons (Fsp3) is 0.571. The second-order valence-corrected chi connectivity index (χ2v) is 1.62. The lowest BCUT2D eigenvalue weighted by molar-refractivity contribution is 1.13. The van der Waals surface area contributed by atoms with Gasteiger partial charge < -0.3 is 0 Å². The summed E-state index contributed by atoms with van der Waals surface area (Å²) in [7, 11) is 0. The van der Waals surface area contributed by atoms with Crippen molar-refractivity contribution in [2.24, 2.45) is 4.99 Å². The molecule has 46 valence electrons. The minimum Gasteiger partial charge on any atom is -0.290 e. The Labute approximate surface area is 51.1 Å². The van der Waals surface area contributed by atoms with Crippen LogP contribution in [0.5, 0.6) is 0 Å². The van der Waals surface area contributed by atoms with Gasteiger partial charge in [0.2, 0.25) is 0 Å². The molecule has 0 saturated carbocycles. The summed E-state index contributed by atoms with van der Waals surface area (Å²) in [4.78, 5) is 4.14. The number of hydrogen-bond acceptors (Lipinski definition) is 1. The highest BCUT2D eigenvalue weighted by Gasteiger charge is 1.75. The Morgan fingerprint density at radius 2 is 2.25 bits per heavy atom. The average Bonchev–Trinajstić information content (AvgIpc) is 1.68. The van der Waals surface area contributed by atoms with Gasteiger partial charge >= 0.3 is 0 Å². The van der Waals surface area contributed by atoms with Crippen molar-refractivity contribution in [2.75, 3.05) is 6.54 Å². The van der Waals surface area contributed by atoms with E-state index in [1.807, 2.05) is 32.9 Å². The highest BCUT2D eigenvalue weighted by Crippen LogP contribution is 1.79. The maximum atomic E-state index is 4.14. The van der Waals surface area contributed by atoms with Crippen LogP contribution in [-0.4, -0.2) is 12.3 Å². The van der Waals surface area contributed by atoms with E-state index < -0.39 is 0 Å². The Kier molecular flexibility index (Phi) is 4.23. The first-order chi connectivity index (χ1) is 3.81. The Balaban J connectivity index is 3.61. The lowest BCUT2D eigenvalue weighted by Crippen LogP contribution is -1.83. The van der Waals surface area contributed by atoms with Gasteiger partial charge in [0.1, 0.15) is 0 Å². The molecule has 0 aromatic rings. The summed E-state index contributed by atoms with van der Waals surface area (Å²) in [5, 5.41) is 0. The lowest BCUT2D eigenvalue weighted by atomic mass is 10.4. The van der Waals surface area contributed by atoms with Gasteiger partial charge in [-0.1, -0.05) is 6.08 Å². The molecule has 0 atom stereocenters. The summed E-state index contributed by atoms with van der Waals surface area (Å²) in [6, 6.07) is 0. The van der Waals surface area contributed by atoms with Crippen LogP contribution in [0.2, 0.25) is 0 Å². The van der Waals surface area contributed by atoms with E-state index in [-0.39, 0.29) is 0 Å². The molecular weight excluding hydrogens is 98.1 g/mol. The summed E-state index contributed by atoms with van der Waals surface area (Å²) in [5.41, 5.74) is 1.11. The molecule has 8 heavy (non-hydrogen) atoms. The van der Waals surface area contributed by atoms with E-state index in [9.17, 15) is 0 Å². The van der Waals surface area contributed by atoms with Crippen molar-refractivity contribution >= 4 is 5.71 Å². The quantitative estimate of drug-likeness (QED) is 0.483. The van der Waals surface area contributed by atoms with Gasteiger partial charge in [-0.15, -0.1) is 0 Å². The molecule has 0 aliphatic rings. The lowest BCUT2D eigenvalue weighted by Gasteiger charge is -1.85. The number of hydrogen-bond donors (Lipinski definition) is 0. The zero-order valence-electron chi connectivity index (χ0n) is 5.81. The maximum Gasteiger partial charge on any atom is 0.0364 e. The Morgan fingerprint density at radius 3 is 2.62 bits per heavy atom. The average molecular weight is 111 g/mol. The van der Waals surface area contributed by atoms with E-state index in [0.717, 1.165) is 12.3 Å². The van der Waals surface area contributed by atoms with Gasteiger partial charge in [0.05, 0.1) is 0 Å². The van der Waals surface area contributed by atoms with Crippen molar-refractivity contribution < 1.29 is 0 Å². The molecule has 0 spiro atoms. The molecular formula is C7H13N. The third kappa shape index (κ3) is 3.59. The van der Waals surface area contributed by atoms with Crippen molar-refractivity contribution in [3.63, 3.8) is 0 Å². The molecule has 0 aromatic carbocycles. The third-order valence-corrected chi connectivity index (χ3v) is 0.815. The van der Waals surface area contributed by atoms with Crippen molar-refractivity contribution in [3.05, 3.63) is 12.2 Å². The van der Waals surface area contributed by atoms with Crippen LogP contribution in [0.1, 0.15) is 20.8 Å². The van der Waals surface area contributed by atoms with Gasteiger partial charge in [0, 0.05) is 12.3 Å². The maximum absolute atomic E-state index is 4.14. The SMILES string of the molecule is CC=CC(C)=NCC. The van der Waals surface area contributed by atoms with Crippen LogP contribution < -0.4 is 0 Å². The summed E-state index contributed by atoms with van der Waals surface area (Å²) < 4.78 is 0. The van der Waals surface area contributed by atoms with Crippen molar-refractivity contribution in [1.29, 1.82) is 0 Å². The molecule has 0 rings (SSSR count). The summed E-state index contributed by atoms with van der Waals surface area (Å²) in [5.74, 6) is 0. The standard InChI is InChI=1S/C7H13N/c1-4-6-7(3)8-5-2/h4,6H,5H2,1-3H3. The second-order valence-electron chi connectivity index (χ2n) is 1.62. The van der Waals surface area contributed by atoms with Gasteiger partial charge in [0.25, 0.3) is 0 Å². The predicted molar refractivity (Wildman–Crippen MR) is 38.5 cm³/mol. The number of rotatable bonds is 2. The van der Waals surface area contributed by atoms with Crippen molar-refractivity contribution in [2.45, 2.75) is 20.8 Å². The molecule has 0 bridgehead atoms. The van der Waals surface area contributed by atoms with Gasteiger partial charge in [-0.3, -0.25) is 4.99 Å². The summed E-state index contributed by atoms with van der Waals surface area (Å²) in [6.45, 7) is 6.92. The van der Waals surface area contributed by atoms with Gasteiger partial charge in [-0.25, -0.2) is 0 Å². The van der Waals surface area contributed by atoms with Crippen LogP contribution in [-0.2, 0) is 0 Å². The van der Waals surface area contributed by atoms with Crippen molar-refractivity contribution in [3.8, 4) is 0 Å². The molecule has 0 unspecified atom stereocenters. The van der Waals surface area contributed by atoms with Crippen LogP contribution >= 0.6 is 0 Å². The van der Waals surface area contributed by atoms with E-state index in [1.165, 1.54) is 0 Å². The molecule has 1 heteroatoms. The van der Waals surface area contributed by atoms with Gasteiger partial charge in [0.15, 0.2) is 0 Å². The number of allylic oxidation sites excluding steroid dienone is 2. The minimum absolute atomic E-state index is 0.885. The Hall–Kier alpha value is -0.590. The van der Waals surface area contributed by atoms with Crippen LogP contribution in [0, 0.1) is 0 Å². The number of aliphatic imine (C=N–C) groups is 1. The number of nitrogens with zero attached hydrogens (tertiary/aromatic N) is 1. The summed E-state index contributed by atoms with van der Waals surface area (Å²) in [6.07, 6.45) is 4.00. The van der Waals surface area contributed by atoms with Crippen LogP contribution in [0.4, 0.5) is 0 Å². The molecule has 0 radical (unpaired) electrons. The molecule has 0 saturated heterocycles. The summed E-state index contributed by atoms with van der Waals surface area (Å²) >= 11 is 0. The largest absolute Gasteiger partial charge is 0.290 e. The fourth-order valence-corrected chi connectivity index (χ4v) is 0.543. The van der Waals surface area contributed by atoms with E-state index in [2.05, 4.69) is 4.99 Å². The molecule has 0 aromatic heterocycles. The fourth-order valence-electron chi connectivity index (χ4n) is 0.543. The highest BCUT2D eigenvalue weighted by molar-refractivity contribution is 5.92. The monoisotopic (exact) mass is 111 g/mol. The predicted octanol–water partition coefficient (Wildman–Crippen LogP) is 2.04. The highest BCUT2D eigenvalue weighted by atomic mass is 14.7. The van der Waals surface area contributed by atoms with Crippen molar-refractivity contribution in [1.82, 2.24) is 0 Å². The Bertz CT molecular complexity index is 101. The molecule has 0 amide bonds. The van der Waals surface area contributed by atoms with Crippen LogP contribution in [0.25, 0.3) is 0 Å². The Morgan fingerprint density at radius 1 is 1.62 bits per heavy atom. The first-order valence-corrected chi connectivity index (χ1v) is 2.95. The van der Waals surface area contributed by atoms with Crippen LogP contribution in [0.3, 0.4) is 0 Å². The van der Waals surface area contributed by atoms with E-state index in [4.69, 9.17) is 0 Å². The van der Waals surface area contributed by atoms with E-state index in [1.54, 1.807) is 0 Å². The van der Waals surface area contributed by atoms with Gasteiger partial charge in [-0.05, 0) is 26.8 Å².